The number of hydrazone groups is 1. The Balaban J connectivity index is 1.79. The van der Waals surface area contributed by atoms with E-state index < -0.39 is 4.99 Å². The number of carbonyl (C=O) groups excluding carboxylic acids is 1. The van der Waals surface area contributed by atoms with Gasteiger partial charge in [0.2, 0.25) is 0 Å². The number of rotatable bonds is 5. The molecule has 7 heteroatoms. The molecule has 1 saturated heterocycles. The maximum Gasteiger partial charge on any atom is 0.186 e. The first-order valence-electron chi connectivity index (χ1n) is 9.29. The number of thioether (sulfide) groups is 1. The van der Waals surface area contributed by atoms with Crippen molar-refractivity contribution in [3.8, 4) is 0 Å². The molecular weight excluding hydrogens is 438 g/mol. The van der Waals surface area contributed by atoms with Gasteiger partial charge < -0.3 is 4.74 Å². The first-order chi connectivity index (χ1) is 13.6. The molecular formula is C21H22BrN3O2S. The zero-order chi connectivity index (χ0) is 19.6. The summed E-state index contributed by atoms with van der Waals surface area (Å²) in [6.45, 7) is 4.55. The lowest BCUT2D eigenvalue weighted by Gasteiger charge is -2.46. The summed E-state index contributed by atoms with van der Waals surface area (Å²) < 4.78 is 6.66. The molecule has 1 fully saturated rings. The SMILES string of the molecule is CC(=O)C1=NN(c2ccccc2)[C@@](Cc2ccc(Br)cc2)(N2CCOCC2)S1. The molecule has 5 nitrogen and oxygen atoms in total. The summed E-state index contributed by atoms with van der Waals surface area (Å²) in [6.07, 6.45) is 0.736. The fourth-order valence-corrected chi connectivity index (χ4v) is 5.18. The maximum absolute atomic E-state index is 12.3. The van der Waals surface area contributed by atoms with Gasteiger partial charge in [-0.1, -0.05) is 58.0 Å². The van der Waals surface area contributed by atoms with Crippen LogP contribution in [0, 0.1) is 0 Å². The highest BCUT2D eigenvalue weighted by Gasteiger charge is 2.50. The Kier molecular flexibility index (Phi) is 5.87. The van der Waals surface area contributed by atoms with Gasteiger partial charge in [-0.3, -0.25) is 9.69 Å². The molecule has 4 rings (SSSR count). The van der Waals surface area contributed by atoms with Gasteiger partial charge in [-0.15, -0.1) is 0 Å². The minimum Gasteiger partial charge on any atom is -0.379 e. The highest BCUT2D eigenvalue weighted by atomic mass is 79.9. The van der Waals surface area contributed by atoms with Crippen molar-refractivity contribution < 1.29 is 9.53 Å². The fraction of sp³-hybridized carbons (Fsp3) is 0.333. The van der Waals surface area contributed by atoms with Crippen LogP contribution in [0.3, 0.4) is 0 Å². The maximum atomic E-state index is 12.3. The first-order valence-corrected chi connectivity index (χ1v) is 10.9. The van der Waals surface area contributed by atoms with Gasteiger partial charge in [0.15, 0.2) is 15.8 Å². The molecule has 28 heavy (non-hydrogen) atoms. The zero-order valence-corrected chi connectivity index (χ0v) is 18.1. The summed E-state index contributed by atoms with van der Waals surface area (Å²) >= 11 is 5.08. The van der Waals surface area contributed by atoms with Crippen LogP contribution in [0.2, 0.25) is 0 Å². The minimum absolute atomic E-state index is 0.00290. The van der Waals surface area contributed by atoms with Crippen molar-refractivity contribution in [2.24, 2.45) is 5.10 Å². The highest BCUT2D eigenvalue weighted by Crippen LogP contribution is 2.45. The largest absolute Gasteiger partial charge is 0.379 e. The molecule has 1 atom stereocenters. The average Bonchev–Trinajstić information content (AvgIpc) is 3.12. The van der Waals surface area contributed by atoms with Crippen LogP contribution in [-0.2, 0) is 16.0 Å². The smallest absolute Gasteiger partial charge is 0.186 e. The number of anilines is 1. The van der Waals surface area contributed by atoms with Crippen molar-refractivity contribution in [2.75, 3.05) is 31.3 Å². The van der Waals surface area contributed by atoms with Gasteiger partial charge in [-0.05, 0) is 29.8 Å². The van der Waals surface area contributed by atoms with Gasteiger partial charge >= 0.3 is 0 Å². The van der Waals surface area contributed by atoms with Crippen LogP contribution in [0.5, 0.6) is 0 Å². The van der Waals surface area contributed by atoms with Crippen LogP contribution in [-0.4, -0.2) is 47.0 Å². The van der Waals surface area contributed by atoms with E-state index in [4.69, 9.17) is 9.84 Å². The Morgan fingerprint density at radius 2 is 1.82 bits per heavy atom. The summed E-state index contributed by atoms with van der Waals surface area (Å²) in [4.78, 5) is 14.2. The van der Waals surface area contributed by atoms with Gasteiger partial charge in [-0.2, -0.15) is 5.10 Å². The second-order valence-electron chi connectivity index (χ2n) is 6.86. The van der Waals surface area contributed by atoms with Gasteiger partial charge in [0.05, 0.1) is 18.9 Å². The second-order valence-corrected chi connectivity index (χ2v) is 9.02. The number of carbonyl (C=O) groups is 1. The summed E-state index contributed by atoms with van der Waals surface area (Å²) in [5.41, 5.74) is 2.18. The van der Waals surface area contributed by atoms with Crippen LogP contribution in [0.1, 0.15) is 12.5 Å². The lowest BCUT2D eigenvalue weighted by Crippen LogP contribution is -2.59. The number of ketones is 1. The lowest BCUT2D eigenvalue weighted by molar-refractivity contribution is -0.110. The number of para-hydroxylation sites is 1. The number of Topliss-reactive ketones (excluding diaryl/α,β-unsaturated/α-hetero) is 1. The van der Waals surface area contributed by atoms with Gasteiger partial charge in [0, 0.05) is 30.9 Å². The van der Waals surface area contributed by atoms with E-state index in [0.29, 0.717) is 18.3 Å². The van der Waals surface area contributed by atoms with E-state index in [-0.39, 0.29) is 5.78 Å². The highest BCUT2D eigenvalue weighted by molar-refractivity contribution is 9.10. The van der Waals surface area contributed by atoms with Crippen molar-refractivity contribution >= 4 is 44.2 Å². The summed E-state index contributed by atoms with van der Waals surface area (Å²) in [5, 5.41) is 7.35. The van der Waals surface area contributed by atoms with Crippen molar-refractivity contribution in [3.05, 3.63) is 64.6 Å². The van der Waals surface area contributed by atoms with Crippen LogP contribution >= 0.6 is 27.7 Å². The molecule has 0 aromatic heterocycles. The molecule has 0 unspecified atom stereocenters. The minimum atomic E-state index is -0.500. The Labute approximate surface area is 177 Å². The molecule has 0 aliphatic carbocycles. The van der Waals surface area contributed by atoms with E-state index in [1.807, 2.05) is 35.3 Å². The van der Waals surface area contributed by atoms with E-state index in [1.54, 1.807) is 18.7 Å². The van der Waals surface area contributed by atoms with E-state index in [0.717, 1.165) is 29.7 Å². The normalized spacial score (nSPS) is 22.9. The molecule has 0 spiro atoms. The molecule has 0 bridgehead atoms. The van der Waals surface area contributed by atoms with Gasteiger partial charge in [-0.25, -0.2) is 5.01 Å². The molecule has 0 amide bonds. The molecule has 2 aromatic carbocycles. The van der Waals surface area contributed by atoms with Crippen molar-refractivity contribution in [1.82, 2.24) is 4.90 Å². The third-order valence-electron chi connectivity index (χ3n) is 4.94. The molecule has 0 N–H and O–H groups in total. The quantitative estimate of drug-likeness (QED) is 0.672. The first kappa shape index (κ1) is 19.6. The third kappa shape index (κ3) is 3.89. The Morgan fingerprint density at radius 3 is 2.46 bits per heavy atom. The van der Waals surface area contributed by atoms with E-state index >= 15 is 0 Å². The molecule has 0 radical (unpaired) electrons. The fourth-order valence-electron chi connectivity index (χ4n) is 3.56. The topological polar surface area (TPSA) is 45.1 Å². The molecule has 2 heterocycles. The van der Waals surface area contributed by atoms with Crippen LogP contribution < -0.4 is 5.01 Å². The van der Waals surface area contributed by atoms with E-state index in [9.17, 15) is 4.79 Å². The molecule has 0 saturated carbocycles. The van der Waals surface area contributed by atoms with E-state index in [2.05, 4.69) is 45.1 Å². The van der Waals surface area contributed by atoms with Gasteiger partial charge in [0.1, 0.15) is 0 Å². The molecule has 146 valence electrons. The van der Waals surface area contributed by atoms with Crippen molar-refractivity contribution in [1.29, 1.82) is 0 Å². The summed E-state index contributed by atoms with van der Waals surface area (Å²) in [5.74, 6) is -0.00290. The van der Waals surface area contributed by atoms with Crippen LogP contribution in [0.4, 0.5) is 5.69 Å². The molecule has 2 aromatic rings. The Bertz CT molecular complexity index is 869. The van der Waals surface area contributed by atoms with Crippen LogP contribution in [0.15, 0.2) is 64.2 Å². The number of benzene rings is 2. The van der Waals surface area contributed by atoms with Crippen molar-refractivity contribution in [3.63, 3.8) is 0 Å². The molecule has 2 aliphatic heterocycles. The third-order valence-corrected chi connectivity index (χ3v) is 6.93. The molecule has 2 aliphatic rings. The lowest BCUT2D eigenvalue weighted by atomic mass is 10.1. The Morgan fingerprint density at radius 1 is 1.14 bits per heavy atom. The summed E-state index contributed by atoms with van der Waals surface area (Å²) in [6, 6.07) is 18.5. The number of nitrogens with zero attached hydrogens (tertiary/aromatic N) is 3. The van der Waals surface area contributed by atoms with Crippen molar-refractivity contribution in [2.45, 2.75) is 18.3 Å². The zero-order valence-electron chi connectivity index (χ0n) is 15.7. The summed E-state index contributed by atoms with van der Waals surface area (Å²) in [7, 11) is 0. The number of morpholine rings is 1. The van der Waals surface area contributed by atoms with E-state index in [1.165, 1.54) is 5.56 Å². The number of halogens is 1. The predicted octanol–water partition coefficient (Wildman–Crippen LogP) is 4.13. The van der Waals surface area contributed by atoms with Gasteiger partial charge in [0.25, 0.3) is 0 Å². The second kappa shape index (κ2) is 8.37. The Hall–Kier alpha value is -1.67. The number of hydrogen-bond acceptors (Lipinski definition) is 6. The predicted molar refractivity (Wildman–Crippen MR) is 118 cm³/mol. The number of hydrogen-bond donors (Lipinski definition) is 0. The van der Waals surface area contributed by atoms with Crippen LogP contribution in [0.25, 0.3) is 0 Å². The number of ether oxygens (including phenoxy) is 1. The average molecular weight is 460 g/mol. The standard InChI is InChI=1S/C21H22BrN3O2S/c1-16(26)20-23-25(19-5-3-2-4-6-19)21(28-20,24-11-13-27-14-12-24)15-17-7-9-18(22)10-8-17/h2-10H,11-15H2,1H3/t21-/m1/s1. The monoisotopic (exact) mass is 459 g/mol.